The lowest BCUT2D eigenvalue weighted by Gasteiger charge is -2.42. The number of ether oxygens (including phenoxy) is 3. The Morgan fingerprint density at radius 1 is 1.14 bits per heavy atom. The Morgan fingerprint density at radius 3 is 2.52 bits per heavy atom. The number of nitrogens with one attached hydrogen (secondary N) is 1. The number of benzene rings is 2. The molecular formula is C20H23NO8. The van der Waals surface area contributed by atoms with Gasteiger partial charge in [-0.15, -0.1) is 0 Å². The molecule has 1 fully saturated rings. The van der Waals surface area contributed by atoms with Gasteiger partial charge >= 0.3 is 5.97 Å². The van der Waals surface area contributed by atoms with E-state index in [1.165, 1.54) is 20.1 Å². The lowest BCUT2D eigenvalue weighted by atomic mass is 9.96. The summed E-state index contributed by atoms with van der Waals surface area (Å²) in [7, 11) is 1.24. The Morgan fingerprint density at radius 2 is 1.86 bits per heavy atom. The molecule has 1 amide bonds. The summed E-state index contributed by atoms with van der Waals surface area (Å²) in [6, 6.07) is 9.27. The fourth-order valence-electron chi connectivity index (χ4n) is 3.33. The van der Waals surface area contributed by atoms with Gasteiger partial charge in [-0.3, -0.25) is 4.79 Å². The maximum Gasteiger partial charge on any atom is 0.341 e. The lowest BCUT2D eigenvalue weighted by molar-refractivity contribution is -0.244. The second kappa shape index (κ2) is 8.75. The van der Waals surface area contributed by atoms with E-state index in [9.17, 15) is 24.9 Å². The van der Waals surface area contributed by atoms with Crippen LogP contribution in [-0.2, 0) is 14.3 Å². The summed E-state index contributed by atoms with van der Waals surface area (Å²) in [6.07, 6.45) is -5.34. The van der Waals surface area contributed by atoms with Gasteiger partial charge in [0.2, 0.25) is 12.2 Å². The number of fused-ring (bicyclic) bond motifs is 1. The van der Waals surface area contributed by atoms with Gasteiger partial charge in [-0.25, -0.2) is 4.79 Å². The van der Waals surface area contributed by atoms with Crippen LogP contribution in [0.3, 0.4) is 0 Å². The van der Waals surface area contributed by atoms with Crippen LogP contribution in [0.1, 0.15) is 17.3 Å². The second-order valence-corrected chi connectivity index (χ2v) is 6.71. The van der Waals surface area contributed by atoms with Gasteiger partial charge < -0.3 is 34.8 Å². The van der Waals surface area contributed by atoms with Crippen LogP contribution in [0.15, 0.2) is 36.4 Å². The zero-order chi connectivity index (χ0) is 21.1. The molecule has 4 N–H and O–H groups in total. The lowest BCUT2D eigenvalue weighted by Crippen LogP contribution is -2.65. The molecule has 2 aromatic rings. The second-order valence-electron chi connectivity index (χ2n) is 6.71. The molecule has 2 aromatic carbocycles. The summed E-state index contributed by atoms with van der Waals surface area (Å²) in [5.74, 6) is -0.987. The van der Waals surface area contributed by atoms with Crippen molar-refractivity contribution in [3.05, 3.63) is 42.0 Å². The van der Waals surface area contributed by atoms with Gasteiger partial charge in [0, 0.05) is 12.3 Å². The topological polar surface area (TPSA) is 135 Å². The quantitative estimate of drug-likeness (QED) is 0.509. The molecule has 5 atom stereocenters. The molecule has 0 aromatic heterocycles. The summed E-state index contributed by atoms with van der Waals surface area (Å²) >= 11 is 0. The molecule has 0 bridgehead atoms. The van der Waals surface area contributed by atoms with Gasteiger partial charge in [0.25, 0.3) is 0 Å². The number of carbonyl (C=O) groups excluding carboxylic acids is 2. The molecule has 9 nitrogen and oxygen atoms in total. The Labute approximate surface area is 166 Å². The van der Waals surface area contributed by atoms with Gasteiger partial charge in [-0.2, -0.15) is 0 Å². The number of aliphatic hydroxyl groups excluding tert-OH is 3. The number of carbonyl (C=O) groups is 2. The van der Waals surface area contributed by atoms with E-state index in [1.807, 2.05) is 12.1 Å². The van der Waals surface area contributed by atoms with Crippen LogP contribution in [0.2, 0.25) is 0 Å². The highest BCUT2D eigenvalue weighted by Crippen LogP contribution is 2.33. The fraction of sp³-hybridized carbons (Fsp3) is 0.400. The first-order valence-corrected chi connectivity index (χ1v) is 9.03. The Bertz CT molecular complexity index is 901. The van der Waals surface area contributed by atoms with E-state index in [2.05, 4.69) is 5.32 Å². The highest BCUT2D eigenvalue weighted by atomic mass is 16.7. The molecule has 0 spiro atoms. The van der Waals surface area contributed by atoms with Crippen molar-refractivity contribution in [3.8, 4) is 5.75 Å². The van der Waals surface area contributed by atoms with Crippen molar-refractivity contribution < 1.29 is 39.1 Å². The summed E-state index contributed by atoms with van der Waals surface area (Å²) in [4.78, 5) is 23.9. The first kappa shape index (κ1) is 21.0. The fourth-order valence-corrected chi connectivity index (χ4v) is 3.33. The molecule has 156 valence electrons. The first-order chi connectivity index (χ1) is 13.9. The summed E-state index contributed by atoms with van der Waals surface area (Å²) in [6.45, 7) is 0.663. The van der Waals surface area contributed by atoms with Crippen molar-refractivity contribution >= 4 is 22.6 Å². The Hall–Kier alpha value is -2.72. The van der Waals surface area contributed by atoms with Crippen LogP contribution >= 0.6 is 0 Å². The third kappa shape index (κ3) is 4.18. The number of hydrogen-bond acceptors (Lipinski definition) is 8. The van der Waals surface area contributed by atoms with Crippen LogP contribution in [0, 0.1) is 0 Å². The molecule has 1 aliphatic heterocycles. The van der Waals surface area contributed by atoms with E-state index in [-0.39, 0.29) is 11.3 Å². The van der Waals surface area contributed by atoms with Gasteiger partial charge in [-0.1, -0.05) is 30.3 Å². The third-order valence-corrected chi connectivity index (χ3v) is 4.77. The van der Waals surface area contributed by atoms with Gasteiger partial charge in [0.1, 0.15) is 35.7 Å². The van der Waals surface area contributed by atoms with Crippen LogP contribution in [0.5, 0.6) is 5.75 Å². The van der Waals surface area contributed by atoms with Crippen LogP contribution in [0.25, 0.3) is 10.8 Å². The molecule has 1 aliphatic rings. The number of aliphatic hydroxyl groups is 3. The number of methoxy groups -OCH3 is 1. The zero-order valence-electron chi connectivity index (χ0n) is 15.9. The van der Waals surface area contributed by atoms with E-state index in [0.717, 1.165) is 5.39 Å². The molecular weight excluding hydrogens is 382 g/mol. The van der Waals surface area contributed by atoms with E-state index >= 15 is 0 Å². The summed E-state index contributed by atoms with van der Waals surface area (Å²) < 4.78 is 16.4. The molecule has 0 aliphatic carbocycles. The minimum Gasteiger partial charge on any atom is -0.465 e. The predicted octanol–water partition coefficient (Wildman–Crippen LogP) is -0.0511. The Balaban J connectivity index is 2.06. The molecule has 0 saturated carbocycles. The number of esters is 1. The smallest absolute Gasteiger partial charge is 0.341 e. The SMILES string of the molecule is COC(=O)c1ccc2ccccc2c1O[C@H]1O[C@@H](CO)[C@@H](O)[C@@H](O)[C@@H]1NC(C)=O. The number of amides is 1. The minimum absolute atomic E-state index is 0.123. The van der Waals surface area contributed by atoms with E-state index in [1.54, 1.807) is 18.2 Å². The van der Waals surface area contributed by atoms with Crippen molar-refractivity contribution in [2.24, 2.45) is 0 Å². The average molecular weight is 405 g/mol. The van der Waals surface area contributed by atoms with Gasteiger partial charge in [0.05, 0.1) is 13.7 Å². The highest BCUT2D eigenvalue weighted by Gasteiger charge is 2.46. The van der Waals surface area contributed by atoms with Gasteiger partial charge in [0.15, 0.2) is 0 Å². The molecule has 1 heterocycles. The molecule has 1 saturated heterocycles. The molecule has 3 rings (SSSR count). The minimum atomic E-state index is -1.47. The largest absolute Gasteiger partial charge is 0.465 e. The van der Waals surface area contributed by atoms with Crippen molar-refractivity contribution in [2.75, 3.05) is 13.7 Å². The first-order valence-electron chi connectivity index (χ1n) is 9.03. The number of rotatable bonds is 5. The third-order valence-electron chi connectivity index (χ3n) is 4.77. The monoisotopic (exact) mass is 405 g/mol. The normalized spacial score (nSPS) is 26.7. The van der Waals surface area contributed by atoms with Crippen LogP contribution in [0.4, 0.5) is 0 Å². The molecule has 0 unspecified atom stereocenters. The highest BCUT2D eigenvalue weighted by molar-refractivity contribution is 6.01. The van der Waals surface area contributed by atoms with E-state index in [4.69, 9.17) is 14.2 Å². The maximum absolute atomic E-state index is 12.3. The van der Waals surface area contributed by atoms with Crippen LogP contribution in [-0.4, -0.2) is 71.6 Å². The van der Waals surface area contributed by atoms with Crippen molar-refractivity contribution in [2.45, 2.75) is 37.6 Å². The number of hydrogen-bond donors (Lipinski definition) is 4. The summed E-state index contributed by atoms with van der Waals surface area (Å²) in [5, 5.41) is 33.9. The van der Waals surface area contributed by atoms with Crippen LogP contribution < -0.4 is 10.1 Å². The Kier molecular flexibility index (Phi) is 6.33. The molecule has 29 heavy (non-hydrogen) atoms. The molecule has 0 radical (unpaired) electrons. The van der Waals surface area contributed by atoms with Crippen molar-refractivity contribution in [1.82, 2.24) is 5.32 Å². The maximum atomic E-state index is 12.3. The van der Waals surface area contributed by atoms with Gasteiger partial charge in [-0.05, 0) is 11.5 Å². The van der Waals surface area contributed by atoms with E-state index in [0.29, 0.717) is 5.39 Å². The predicted molar refractivity (Wildman–Crippen MR) is 101 cm³/mol. The standard InChI is InChI=1S/C20H23NO8/c1-10(23)21-15-17(25)16(24)14(9-22)28-20(15)29-18-12-6-4-3-5-11(12)7-8-13(18)19(26)27-2/h3-8,14-17,20,22,24-25H,9H2,1-2H3,(H,21,23)/t14-,15-,16+,17-,20+/m0/s1. The van der Waals surface area contributed by atoms with Crippen molar-refractivity contribution in [1.29, 1.82) is 0 Å². The van der Waals surface area contributed by atoms with Crippen molar-refractivity contribution in [3.63, 3.8) is 0 Å². The summed E-state index contributed by atoms with van der Waals surface area (Å²) in [5.41, 5.74) is 0.123. The molecule has 9 heteroatoms. The average Bonchev–Trinajstić information content (AvgIpc) is 2.72. The van der Waals surface area contributed by atoms with E-state index < -0.39 is 49.1 Å². The zero-order valence-corrected chi connectivity index (χ0v) is 15.9.